The molecule has 2 aromatic carbocycles. The predicted octanol–water partition coefficient (Wildman–Crippen LogP) is 3.79. The van der Waals surface area contributed by atoms with Crippen molar-refractivity contribution < 1.29 is 23.7 Å². The summed E-state index contributed by atoms with van der Waals surface area (Å²) in [6.45, 7) is 0.0760. The number of hydrogen-bond donors (Lipinski definition) is 0. The summed E-state index contributed by atoms with van der Waals surface area (Å²) in [5.41, 5.74) is 1.11. The molecule has 0 radical (unpaired) electrons. The minimum Gasteiger partial charge on any atom is -0.497 e. The highest BCUT2D eigenvalue weighted by Crippen LogP contribution is 2.28. The third kappa shape index (κ3) is 4.14. The Hall–Kier alpha value is -2.34. The summed E-state index contributed by atoms with van der Waals surface area (Å²) in [7, 11) is 4.67. The fraction of sp³-hybridized carbons (Fsp3) is 0.278. The Morgan fingerprint density at radius 3 is 2.33 bits per heavy atom. The van der Waals surface area contributed by atoms with E-state index in [-0.39, 0.29) is 6.61 Å². The molecule has 128 valence electrons. The van der Waals surface area contributed by atoms with Gasteiger partial charge in [-0.3, -0.25) is 0 Å². The standard InChI is InChI=1S/C18H20O5S/c1-20-13-5-8-16(21-2)12(9-13)11-23-18(19)15-7-6-14(24-4)10-17(15)22-3/h5-10H,11H2,1-4H3. The zero-order chi connectivity index (χ0) is 17.5. The van der Waals surface area contributed by atoms with Gasteiger partial charge in [0.15, 0.2) is 0 Å². The Bertz CT molecular complexity index is 715. The van der Waals surface area contributed by atoms with E-state index in [0.717, 1.165) is 10.5 Å². The molecule has 6 heteroatoms. The van der Waals surface area contributed by atoms with Crippen molar-refractivity contribution in [1.29, 1.82) is 0 Å². The molecular formula is C18H20O5S. The molecule has 0 heterocycles. The van der Waals surface area contributed by atoms with Gasteiger partial charge in [-0.1, -0.05) is 0 Å². The maximum Gasteiger partial charge on any atom is 0.342 e. The average molecular weight is 348 g/mol. The normalized spacial score (nSPS) is 10.2. The molecule has 0 N–H and O–H groups in total. The molecule has 0 aliphatic carbocycles. The van der Waals surface area contributed by atoms with Gasteiger partial charge < -0.3 is 18.9 Å². The summed E-state index contributed by atoms with van der Waals surface area (Å²) < 4.78 is 21.2. The van der Waals surface area contributed by atoms with E-state index >= 15 is 0 Å². The van der Waals surface area contributed by atoms with Crippen molar-refractivity contribution in [2.24, 2.45) is 0 Å². The van der Waals surface area contributed by atoms with Gasteiger partial charge in [-0.2, -0.15) is 0 Å². The van der Waals surface area contributed by atoms with Gasteiger partial charge in [0.1, 0.15) is 29.4 Å². The summed E-state index contributed by atoms with van der Waals surface area (Å²) in [6, 6.07) is 10.7. The van der Waals surface area contributed by atoms with E-state index in [4.69, 9.17) is 18.9 Å². The maximum absolute atomic E-state index is 12.4. The highest BCUT2D eigenvalue weighted by atomic mass is 32.2. The van der Waals surface area contributed by atoms with Crippen molar-refractivity contribution in [3.05, 3.63) is 47.5 Å². The summed E-state index contributed by atoms with van der Waals surface area (Å²) >= 11 is 1.58. The minimum atomic E-state index is -0.454. The quantitative estimate of drug-likeness (QED) is 0.560. The van der Waals surface area contributed by atoms with Crippen LogP contribution in [0, 0.1) is 0 Å². The van der Waals surface area contributed by atoms with E-state index in [0.29, 0.717) is 22.8 Å². The monoisotopic (exact) mass is 348 g/mol. The lowest BCUT2D eigenvalue weighted by molar-refractivity contribution is 0.0466. The Labute approximate surface area is 145 Å². The van der Waals surface area contributed by atoms with Crippen molar-refractivity contribution in [2.75, 3.05) is 27.6 Å². The fourth-order valence-corrected chi connectivity index (χ4v) is 2.61. The van der Waals surface area contributed by atoms with Gasteiger partial charge in [0, 0.05) is 10.5 Å². The number of ether oxygens (including phenoxy) is 4. The molecule has 0 bridgehead atoms. The molecule has 0 spiro atoms. The van der Waals surface area contributed by atoms with Crippen LogP contribution in [0.1, 0.15) is 15.9 Å². The number of carbonyl (C=O) groups is 1. The molecule has 2 aromatic rings. The van der Waals surface area contributed by atoms with Crippen LogP contribution in [-0.2, 0) is 11.3 Å². The summed E-state index contributed by atoms with van der Waals surface area (Å²) in [5, 5.41) is 0. The number of methoxy groups -OCH3 is 3. The van der Waals surface area contributed by atoms with Crippen molar-refractivity contribution >= 4 is 17.7 Å². The zero-order valence-corrected chi connectivity index (χ0v) is 14.9. The fourth-order valence-electron chi connectivity index (χ4n) is 2.18. The molecule has 0 aliphatic heterocycles. The SMILES string of the molecule is COc1ccc(OC)c(COC(=O)c2ccc(SC)cc2OC)c1. The second-order valence-electron chi connectivity index (χ2n) is 4.82. The Balaban J connectivity index is 2.16. The van der Waals surface area contributed by atoms with Crippen molar-refractivity contribution in [2.45, 2.75) is 11.5 Å². The van der Waals surface area contributed by atoms with Gasteiger partial charge >= 0.3 is 5.97 Å². The highest BCUT2D eigenvalue weighted by Gasteiger charge is 2.16. The number of esters is 1. The molecule has 0 saturated carbocycles. The number of hydrogen-bond acceptors (Lipinski definition) is 6. The second kappa shape index (κ2) is 8.49. The number of thioether (sulfide) groups is 1. The van der Waals surface area contributed by atoms with Crippen molar-refractivity contribution in [3.8, 4) is 17.2 Å². The predicted molar refractivity (Wildman–Crippen MR) is 93.4 cm³/mol. The topological polar surface area (TPSA) is 54.0 Å². The first-order chi connectivity index (χ1) is 11.6. The van der Waals surface area contributed by atoms with E-state index < -0.39 is 5.97 Å². The van der Waals surface area contributed by atoms with E-state index in [2.05, 4.69) is 0 Å². The van der Waals surface area contributed by atoms with Gasteiger partial charge in [0.2, 0.25) is 0 Å². The van der Waals surface area contributed by atoms with Crippen LogP contribution in [0.15, 0.2) is 41.3 Å². The molecule has 0 saturated heterocycles. The third-order valence-electron chi connectivity index (χ3n) is 3.47. The molecule has 24 heavy (non-hydrogen) atoms. The average Bonchev–Trinajstić information content (AvgIpc) is 2.65. The summed E-state index contributed by atoms with van der Waals surface area (Å²) in [4.78, 5) is 13.4. The Morgan fingerprint density at radius 2 is 1.71 bits per heavy atom. The molecule has 2 rings (SSSR count). The van der Waals surface area contributed by atoms with Crippen LogP contribution in [0.4, 0.5) is 0 Å². The molecule has 0 amide bonds. The molecule has 0 unspecified atom stereocenters. The van der Waals surface area contributed by atoms with Crippen LogP contribution in [0.3, 0.4) is 0 Å². The summed E-state index contributed by atoms with van der Waals surface area (Å²) in [6.07, 6.45) is 1.96. The number of carbonyl (C=O) groups excluding carboxylic acids is 1. The van der Waals surface area contributed by atoms with Gasteiger partial charge in [-0.15, -0.1) is 11.8 Å². The van der Waals surface area contributed by atoms with E-state index in [1.165, 1.54) is 7.11 Å². The van der Waals surface area contributed by atoms with Crippen molar-refractivity contribution in [3.63, 3.8) is 0 Å². The van der Waals surface area contributed by atoms with Crippen LogP contribution in [-0.4, -0.2) is 33.6 Å². The van der Waals surface area contributed by atoms with Crippen LogP contribution in [0.25, 0.3) is 0 Å². The van der Waals surface area contributed by atoms with Crippen LogP contribution in [0.5, 0.6) is 17.2 Å². The Morgan fingerprint density at radius 1 is 0.958 bits per heavy atom. The van der Waals surface area contributed by atoms with Crippen LogP contribution in [0.2, 0.25) is 0 Å². The molecule has 0 aromatic heterocycles. The molecule has 0 aliphatic rings. The van der Waals surface area contributed by atoms with E-state index in [1.54, 1.807) is 50.2 Å². The minimum absolute atomic E-state index is 0.0760. The van der Waals surface area contributed by atoms with E-state index in [9.17, 15) is 4.79 Å². The molecule has 0 fully saturated rings. The zero-order valence-electron chi connectivity index (χ0n) is 14.1. The second-order valence-corrected chi connectivity index (χ2v) is 5.70. The first kappa shape index (κ1) is 18.0. The first-order valence-corrected chi connectivity index (χ1v) is 8.45. The van der Waals surface area contributed by atoms with Gasteiger partial charge in [0.25, 0.3) is 0 Å². The Kier molecular flexibility index (Phi) is 6.37. The van der Waals surface area contributed by atoms with Crippen LogP contribution < -0.4 is 14.2 Å². The third-order valence-corrected chi connectivity index (χ3v) is 4.20. The molecular weight excluding hydrogens is 328 g/mol. The first-order valence-electron chi connectivity index (χ1n) is 7.23. The summed E-state index contributed by atoms with van der Waals surface area (Å²) in [5.74, 6) is 1.34. The molecule has 5 nitrogen and oxygen atoms in total. The lowest BCUT2D eigenvalue weighted by Gasteiger charge is -2.12. The number of benzene rings is 2. The smallest absolute Gasteiger partial charge is 0.342 e. The maximum atomic E-state index is 12.4. The highest BCUT2D eigenvalue weighted by molar-refractivity contribution is 7.98. The molecule has 0 atom stereocenters. The number of rotatable bonds is 7. The van der Waals surface area contributed by atoms with Crippen molar-refractivity contribution in [1.82, 2.24) is 0 Å². The van der Waals surface area contributed by atoms with Gasteiger partial charge in [0.05, 0.1) is 21.3 Å². The van der Waals surface area contributed by atoms with Gasteiger partial charge in [-0.05, 0) is 42.7 Å². The largest absolute Gasteiger partial charge is 0.497 e. The lowest BCUT2D eigenvalue weighted by atomic mass is 10.2. The lowest BCUT2D eigenvalue weighted by Crippen LogP contribution is -2.08. The van der Waals surface area contributed by atoms with E-state index in [1.807, 2.05) is 18.4 Å². The van der Waals surface area contributed by atoms with Crippen LogP contribution >= 0.6 is 11.8 Å². The van der Waals surface area contributed by atoms with Gasteiger partial charge in [-0.25, -0.2) is 4.79 Å².